The molecule has 2 aromatic rings. The summed E-state index contributed by atoms with van der Waals surface area (Å²) in [6.07, 6.45) is -3.12. The van der Waals surface area contributed by atoms with Crippen molar-refractivity contribution >= 4 is 17.2 Å². The maximum atomic E-state index is 13.0. The zero-order valence-corrected chi connectivity index (χ0v) is 16.7. The molecule has 10 heteroatoms. The van der Waals surface area contributed by atoms with Crippen molar-refractivity contribution in [2.75, 3.05) is 26.2 Å². The van der Waals surface area contributed by atoms with Crippen LogP contribution in [0.5, 0.6) is 0 Å². The fraction of sp³-hybridized carbons (Fsp3) is 0.632. The number of halogens is 3. The number of nitrogens with zero attached hydrogens (tertiary/aromatic N) is 4. The molecule has 29 heavy (non-hydrogen) atoms. The van der Waals surface area contributed by atoms with E-state index in [-0.39, 0.29) is 18.7 Å². The van der Waals surface area contributed by atoms with Crippen molar-refractivity contribution in [3.8, 4) is 10.7 Å². The Bertz CT molecular complexity index is 816. The highest BCUT2D eigenvalue weighted by Crippen LogP contribution is 2.40. The second-order valence-corrected chi connectivity index (χ2v) is 8.64. The number of alkyl halides is 3. The first-order chi connectivity index (χ1) is 13.9. The van der Waals surface area contributed by atoms with Crippen molar-refractivity contribution in [1.82, 2.24) is 19.9 Å². The number of thiophene rings is 1. The first-order valence-corrected chi connectivity index (χ1v) is 10.7. The van der Waals surface area contributed by atoms with Crippen molar-refractivity contribution in [2.24, 2.45) is 11.8 Å². The highest BCUT2D eigenvalue weighted by atomic mass is 32.1. The summed E-state index contributed by atoms with van der Waals surface area (Å²) in [6.45, 7) is 2.80. The molecule has 1 saturated carbocycles. The normalized spacial score (nSPS) is 24.0. The molecule has 0 aromatic carbocycles. The van der Waals surface area contributed by atoms with Crippen LogP contribution >= 0.6 is 11.3 Å². The van der Waals surface area contributed by atoms with Gasteiger partial charge in [0.15, 0.2) is 0 Å². The molecule has 1 amide bonds. The van der Waals surface area contributed by atoms with Gasteiger partial charge in [-0.1, -0.05) is 17.6 Å². The molecule has 2 aliphatic rings. The van der Waals surface area contributed by atoms with E-state index in [0.29, 0.717) is 57.3 Å². The van der Waals surface area contributed by atoms with E-state index in [9.17, 15) is 18.0 Å². The lowest BCUT2D eigenvalue weighted by Gasteiger charge is -2.38. The van der Waals surface area contributed by atoms with Gasteiger partial charge in [0.05, 0.1) is 17.3 Å². The van der Waals surface area contributed by atoms with Crippen molar-refractivity contribution < 1.29 is 22.5 Å². The van der Waals surface area contributed by atoms with Gasteiger partial charge in [0.2, 0.25) is 17.6 Å². The van der Waals surface area contributed by atoms with Crippen molar-refractivity contribution in [1.29, 1.82) is 0 Å². The van der Waals surface area contributed by atoms with E-state index >= 15 is 0 Å². The van der Waals surface area contributed by atoms with Crippen LogP contribution in [0.4, 0.5) is 13.2 Å². The Hall–Kier alpha value is -1.94. The van der Waals surface area contributed by atoms with Crippen LogP contribution in [0.2, 0.25) is 0 Å². The lowest BCUT2D eigenvalue weighted by Crippen LogP contribution is -2.50. The van der Waals surface area contributed by atoms with Gasteiger partial charge in [0, 0.05) is 32.1 Å². The molecule has 3 heterocycles. The first-order valence-electron chi connectivity index (χ1n) is 9.84. The Morgan fingerprint density at radius 2 is 2.03 bits per heavy atom. The number of aromatic nitrogens is 2. The topological polar surface area (TPSA) is 62.5 Å². The maximum absolute atomic E-state index is 13.0. The number of carbonyl (C=O) groups excluding carboxylic acids is 1. The van der Waals surface area contributed by atoms with Gasteiger partial charge in [-0.05, 0) is 30.7 Å². The number of rotatable bonds is 4. The average molecular weight is 428 g/mol. The van der Waals surface area contributed by atoms with Gasteiger partial charge in [0.1, 0.15) is 0 Å². The van der Waals surface area contributed by atoms with Crippen LogP contribution in [0.1, 0.15) is 31.6 Å². The number of amides is 1. The van der Waals surface area contributed by atoms with E-state index < -0.39 is 18.0 Å². The Balaban J connectivity index is 1.27. The lowest BCUT2D eigenvalue weighted by molar-refractivity contribution is -0.187. The minimum Gasteiger partial charge on any atom is -0.340 e. The molecule has 4 rings (SSSR count). The van der Waals surface area contributed by atoms with Gasteiger partial charge in [-0.25, -0.2) is 0 Å². The molecular formula is C19H23F3N4O2S. The zero-order valence-electron chi connectivity index (χ0n) is 15.9. The smallest absolute Gasteiger partial charge is 0.340 e. The van der Waals surface area contributed by atoms with E-state index in [4.69, 9.17) is 4.52 Å². The minimum atomic E-state index is -4.20. The molecule has 0 spiro atoms. The van der Waals surface area contributed by atoms with E-state index in [1.807, 2.05) is 17.5 Å². The lowest BCUT2D eigenvalue weighted by atomic mass is 9.80. The molecule has 158 valence electrons. The van der Waals surface area contributed by atoms with Gasteiger partial charge in [-0.2, -0.15) is 18.2 Å². The number of piperazine rings is 1. The SMILES string of the molecule is O=C(C1CCCC(C(F)(F)F)C1)N1CCN(Cc2nc(-c3cccs3)no2)CC1. The van der Waals surface area contributed by atoms with Crippen molar-refractivity contribution in [3.05, 3.63) is 23.4 Å². The monoisotopic (exact) mass is 428 g/mol. The second-order valence-electron chi connectivity index (χ2n) is 7.69. The van der Waals surface area contributed by atoms with E-state index in [1.54, 1.807) is 16.2 Å². The summed E-state index contributed by atoms with van der Waals surface area (Å²) in [6, 6.07) is 3.85. The Morgan fingerprint density at radius 3 is 2.72 bits per heavy atom. The summed E-state index contributed by atoms with van der Waals surface area (Å²) in [4.78, 5) is 21.9. The van der Waals surface area contributed by atoms with Crippen LogP contribution < -0.4 is 0 Å². The summed E-state index contributed by atoms with van der Waals surface area (Å²) in [7, 11) is 0. The second kappa shape index (κ2) is 8.43. The minimum absolute atomic E-state index is 0.0734. The molecule has 2 atom stereocenters. The van der Waals surface area contributed by atoms with Gasteiger partial charge >= 0.3 is 6.18 Å². The van der Waals surface area contributed by atoms with Crippen molar-refractivity contribution in [3.63, 3.8) is 0 Å². The summed E-state index contributed by atoms with van der Waals surface area (Å²) in [5.74, 6) is -0.891. The van der Waals surface area contributed by atoms with E-state index in [1.165, 1.54) is 0 Å². The van der Waals surface area contributed by atoms with Crippen LogP contribution in [0.3, 0.4) is 0 Å². The molecule has 1 aliphatic heterocycles. The van der Waals surface area contributed by atoms with Crippen LogP contribution in [0.15, 0.2) is 22.0 Å². The quantitative estimate of drug-likeness (QED) is 0.741. The Kier molecular flexibility index (Phi) is 5.91. The molecule has 2 aromatic heterocycles. The molecule has 1 saturated heterocycles. The van der Waals surface area contributed by atoms with Crippen LogP contribution in [-0.2, 0) is 11.3 Å². The zero-order chi connectivity index (χ0) is 20.4. The molecule has 0 N–H and O–H groups in total. The maximum Gasteiger partial charge on any atom is 0.391 e. The fourth-order valence-electron chi connectivity index (χ4n) is 4.11. The van der Waals surface area contributed by atoms with Crippen LogP contribution in [0.25, 0.3) is 10.7 Å². The molecule has 0 radical (unpaired) electrons. The third-order valence-corrected chi connectivity index (χ3v) is 6.60. The molecule has 0 bridgehead atoms. The predicted octanol–water partition coefficient (Wildman–Crippen LogP) is 3.81. The predicted molar refractivity (Wildman–Crippen MR) is 101 cm³/mol. The Labute approximate surface area is 170 Å². The summed E-state index contributed by atoms with van der Waals surface area (Å²) >= 11 is 1.54. The van der Waals surface area contributed by atoms with Gasteiger partial charge in [-0.3, -0.25) is 9.69 Å². The highest BCUT2D eigenvalue weighted by molar-refractivity contribution is 7.13. The number of hydrogen-bond donors (Lipinski definition) is 0. The summed E-state index contributed by atoms with van der Waals surface area (Å²) in [5.41, 5.74) is 0. The Morgan fingerprint density at radius 1 is 1.24 bits per heavy atom. The molecule has 6 nitrogen and oxygen atoms in total. The van der Waals surface area contributed by atoms with E-state index in [0.717, 1.165) is 4.88 Å². The summed E-state index contributed by atoms with van der Waals surface area (Å²) in [5, 5.41) is 5.95. The van der Waals surface area contributed by atoms with Gasteiger partial charge in [-0.15, -0.1) is 11.3 Å². The fourth-order valence-corrected chi connectivity index (χ4v) is 4.76. The number of hydrogen-bond acceptors (Lipinski definition) is 6. The molecule has 1 aliphatic carbocycles. The van der Waals surface area contributed by atoms with Crippen LogP contribution in [0, 0.1) is 11.8 Å². The average Bonchev–Trinajstić information content (AvgIpc) is 3.39. The third-order valence-electron chi connectivity index (χ3n) is 5.74. The van der Waals surface area contributed by atoms with Crippen LogP contribution in [-0.4, -0.2) is 58.2 Å². The number of carbonyl (C=O) groups is 1. The summed E-state index contributed by atoms with van der Waals surface area (Å²) < 4.78 is 44.4. The largest absolute Gasteiger partial charge is 0.391 e. The highest BCUT2D eigenvalue weighted by Gasteiger charge is 2.44. The third kappa shape index (κ3) is 4.80. The van der Waals surface area contributed by atoms with Crippen molar-refractivity contribution in [2.45, 2.75) is 38.4 Å². The van der Waals surface area contributed by atoms with Gasteiger partial charge < -0.3 is 9.42 Å². The molecule has 2 unspecified atom stereocenters. The molecule has 2 fully saturated rings. The standard InChI is InChI=1S/C19H23F3N4O2S/c20-19(21,22)14-4-1-3-13(11-14)18(27)26-8-6-25(7-9-26)12-16-23-17(24-28-16)15-5-2-10-29-15/h2,5,10,13-14H,1,3-4,6-9,11-12H2. The first kappa shape index (κ1) is 20.3. The van der Waals surface area contributed by atoms with Gasteiger partial charge in [0.25, 0.3) is 0 Å². The van der Waals surface area contributed by atoms with E-state index in [2.05, 4.69) is 15.0 Å². The molecular weight excluding hydrogens is 405 g/mol.